The molecule has 0 aliphatic carbocycles. The zero-order chi connectivity index (χ0) is 23.6. The molecule has 2 aliphatic rings. The minimum atomic E-state index is -1.42. The van der Waals surface area contributed by atoms with Crippen molar-refractivity contribution < 1.29 is 24.5 Å². The first-order valence-electron chi connectivity index (χ1n) is 10.8. The SMILES string of the molecule is O=C1Nc2ccccc2[C@@]12N[C@@H](Cc1ccc(O)cc1)c1c2c(O)n(-c2ccc(F)cc2)c1O. The number of nitrogens with zero attached hydrogens (tertiary/aromatic N) is 1. The van der Waals surface area contributed by atoms with Crippen molar-refractivity contribution in [2.24, 2.45) is 0 Å². The fraction of sp³-hybridized carbons (Fsp3) is 0.115. The highest BCUT2D eigenvalue weighted by Gasteiger charge is 2.58. The number of hydrogen-bond acceptors (Lipinski definition) is 5. The van der Waals surface area contributed by atoms with Gasteiger partial charge in [0.1, 0.15) is 11.6 Å². The Morgan fingerprint density at radius 3 is 2.35 bits per heavy atom. The smallest absolute Gasteiger partial charge is 0.254 e. The van der Waals surface area contributed by atoms with Crippen molar-refractivity contribution in [3.8, 4) is 23.2 Å². The van der Waals surface area contributed by atoms with Crippen molar-refractivity contribution in [3.05, 3.63) is 101 Å². The number of carbonyl (C=O) groups excluding carboxylic acids is 1. The first kappa shape index (κ1) is 20.3. The van der Waals surface area contributed by atoms with E-state index in [4.69, 9.17) is 0 Å². The van der Waals surface area contributed by atoms with Gasteiger partial charge in [0.05, 0.1) is 11.3 Å². The molecule has 1 aromatic heterocycles. The van der Waals surface area contributed by atoms with Gasteiger partial charge in [0, 0.05) is 22.9 Å². The second kappa shape index (κ2) is 7.10. The highest BCUT2D eigenvalue weighted by atomic mass is 19.1. The van der Waals surface area contributed by atoms with Gasteiger partial charge in [-0.05, 0) is 54.4 Å². The summed E-state index contributed by atoms with van der Waals surface area (Å²) in [5.41, 5.74) is 1.71. The summed E-state index contributed by atoms with van der Waals surface area (Å²) < 4.78 is 14.8. The van der Waals surface area contributed by atoms with Crippen LogP contribution in [0.3, 0.4) is 0 Å². The van der Waals surface area contributed by atoms with Crippen molar-refractivity contribution in [2.75, 3.05) is 5.32 Å². The van der Waals surface area contributed by atoms with Gasteiger partial charge in [-0.2, -0.15) is 0 Å². The van der Waals surface area contributed by atoms with Crippen LogP contribution in [0.4, 0.5) is 10.1 Å². The van der Waals surface area contributed by atoms with Crippen LogP contribution in [0.1, 0.15) is 28.3 Å². The fourth-order valence-electron chi connectivity index (χ4n) is 5.17. The molecule has 2 aliphatic heterocycles. The number of para-hydroxylation sites is 1. The first-order valence-corrected chi connectivity index (χ1v) is 10.8. The zero-order valence-corrected chi connectivity index (χ0v) is 17.8. The van der Waals surface area contributed by atoms with Gasteiger partial charge < -0.3 is 20.6 Å². The van der Waals surface area contributed by atoms with E-state index < -0.39 is 17.4 Å². The minimum absolute atomic E-state index is 0.132. The Labute approximate surface area is 193 Å². The average Bonchev–Trinajstić information content (AvgIpc) is 3.41. The van der Waals surface area contributed by atoms with Crippen molar-refractivity contribution in [1.82, 2.24) is 9.88 Å². The number of hydrogen-bond donors (Lipinski definition) is 5. The average molecular weight is 457 g/mol. The summed E-state index contributed by atoms with van der Waals surface area (Å²) in [4.78, 5) is 13.5. The van der Waals surface area contributed by atoms with Crippen LogP contribution in [-0.4, -0.2) is 25.8 Å². The summed E-state index contributed by atoms with van der Waals surface area (Å²) in [6.45, 7) is 0. The third kappa shape index (κ3) is 2.69. The number of carbonyl (C=O) groups is 1. The summed E-state index contributed by atoms with van der Waals surface area (Å²) in [5, 5.41) is 38.6. The molecule has 1 amide bonds. The van der Waals surface area contributed by atoms with Gasteiger partial charge in [0.15, 0.2) is 5.54 Å². The van der Waals surface area contributed by atoms with Gasteiger partial charge >= 0.3 is 0 Å². The van der Waals surface area contributed by atoms with E-state index in [2.05, 4.69) is 10.6 Å². The van der Waals surface area contributed by atoms with Crippen LogP contribution in [0, 0.1) is 5.82 Å². The van der Waals surface area contributed by atoms with E-state index >= 15 is 0 Å². The largest absolute Gasteiger partial charge is 0.508 e. The fourth-order valence-corrected chi connectivity index (χ4v) is 5.17. The van der Waals surface area contributed by atoms with E-state index in [0.29, 0.717) is 28.9 Å². The molecule has 0 radical (unpaired) electrons. The van der Waals surface area contributed by atoms with Gasteiger partial charge in [0.2, 0.25) is 11.8 Å². The summed E-state index contributed by atoms with van der Waals surface area (Å²) in [6.07, 6.45) is 0.380. The number of anilines is 1. The molecule has 3 heterocycles. The molecule has 170 valence electrons. The third-order valence-corrected chi connectivity index (χ3v) is 6.65. The first-order chi connectivity index (χ1) is 16.4. The van der Waals surface area contributed by atoms with Gasteiger partial charge in [-0.15, -0.1) is 0 Å². The van der Waals surface area contributed by atoms with Crippen LogP contribution in [0.15, 0.2) is 72.8 Å². The second-order valence-corrected chi connectivity index (χ2v) is 8.56. The molecule has 0 unspecified atom stereocenters. The van der Waals surface area contributed by atoms with E-state index in [9.17, 15) is 24.5 Å². The number of aromatic hydroxyl groups is 3. The summed E-state index contributed by atoms with van der Waals surface area (Å²) in [5.74, 6) is -1.21. The molecular weight excluding hydrogens is 437 g/mol. The molecule has 3 aromatic carbocycles. The molecule has 0 fully saturated rings. The Bertz CT molecular complexity index is 1450. The molecule has 4 aromatic rings. The molecule has 0 saturated heterocycles. The summed E-state index contributed by atoms with van der Waals surface area (Å²) in [6, 6.07) is 18.7. The van der Waals surface area contributed by atoms with E-state index in [1.54, 1.807) is 36.4 Å². The highest BCUT2D eigenvalue weighted by Crippen LogP contribution is 2.56. The van der Waals surface area contributed by atoms with Crippen molar-refractivity contribution in [1.29, 1.82) is 0 Å². The predicted octanol–water partition coefficient (Wildman–Crippen LogP) is 3.82. The van der Waals surface area contributed by atoms with E-state index in [0.717, 1.165) is 5.56 Å². The lowest BCUT2D eigenvalue weighted by molar-refractivity contribution is -0.120. The molecule has 0 bridgehead atoms. The lowest BCUT2D eigenvalue weighted by atomic mass is 9.86. The maximum atomic E-state index is 13.5. The van der Waals surface area contributed by atoms with Gasteiger partial charge in [-0.25, -0.2) is 4.39 Å². The number of amides is 1. The Morgan fingerprint density at radius 1 is 0.912 bits per heavy atom. The molecule has 6 rings (SSSR count). The number of halogens is 1. The number of fused-ring (bicyclic) bond motifs is 4. The number of benzene rings is 3. The highest BCUT2D eigenvalue weighted by molar-refractivity contribution is 6.09. The zero-order valence-electron chi connectivity index (χ0n) is 17.8. The summed E-state index contributed by atoms with van der Waals surface area (Å²) in [7, 11) is 0. The van der Waals surface area contributed by atoms with Crippen LogP contribution in [0.2, 0.25) is 0 Å². The van der Waals surface area contributed by atoms with Crippen molar-refractivity contribution in [3.63, 3.8) is 0 Å². The number of aromatic nitrogens is 1. The number of nitrogens with one attached hydrogen (secondary N) is 2. The Balaban J connectivity index is 1.58. The molecule has 7 nitrogen and oxygen atoms in total. The van der Waals surface area contributed by atoms with Crippen LogP contribution >= 0.6 is 0 Å². The topological polar surface area (TPSA) is 107 Å². The van der Waals surface area contributed by atoms with Crippen LogP contribution < -0.4 is 10.6 Å². The van der Waals surface area contributed by atoms with Crippen LogP contribution in [0.5, 0.6) is 17.5 Å². The molecular formula is C26H20FN3O4. The Kier molecular flexibility index (Phi) is 4.24. The van der Waals surface area contributed by atoms with Crippen LogP contribution in [0.25, 0.3) is 5.69 Å². The van der Waals surface area contributed by atoms with Crippen molar-refractivity contribution >= 4 is 11.6 Å². The Hall–Kier alpha value is -4.30. The summed E-state index contributed by atoms with van der Waals surface area (Å²) >= 11 is 0. The number of rotatable bonds is 3. The second-order valence-electron chi connectivity index (χ2n) is 8.56. The molecule has 34 heavy (non-hydrogen) atoms. The minimum Gasteiger partial charge on any atom is -0.508 e. The van der Waals surface area contributed by atoms with Gasteiger partial charge in [-0.3, -0.25) is 14.7 Å². The monoisotopic (exact) mass is 457 g/mol. The normalized spacial score (nSPS) is 20.4. The molecule has 2 atom stereocenters. The number of phenolic OH excluding ortho intramolecular Hbond substituents is 1. The quantitative estimate of drug-likeness (QED) is 0.322. The third-order valence-electron chi connectivity index (χ3n) is 6.65. The Morgan fingerprint density at radius 2 is 1.62 bits per heavy atom. The molecule has 5 N–H and O–H groups in total. The van der Waals surface area contributed by atoms with Gasteiger partial charge in [-0.1, -0.05) is 30.3 Å². The van der Waals surface area contributed by atoms with Crippen molar-refractivity contribution in [2.45, 2.75) is 18.0 Å². The molecule has 0 saturated carbocycles. The van der Waals surface area contributed by atoms with Gasteiger partial charge in [0.25, 0.3) is 5.91 Å². The number of phenols is 1. The van der Waals surface area contributed by atoms with E-state index in [-0.39, 0.29) is 29.0 Å². The standard InChI is InChI=1S/C26H20FN3O4/c27-15-7-9-16(10-8-15)30-23(32)21-20(13-14-5-11-17(31)12-6-14)29-26(22(21)24(30)33)18-3-1-2-4-19(18)28-25(26)34/h1-12,20,29,31-33H,13H2,(H,28,34)/t20-,26-/m0/s1. The maximum Gasteiger partial charge on any atom is 0.254 e. The van der Waals surface area contributed by atoms with E-state index in [1.165, 1.54) is 28.8 Å². The molecule has 1 spiro atoms. The lowest BCUT2D eigenvalue weighted by Gasteiger charge is -2.26. The predicted molar refractivity (Wildman–Crippen MR) is 123 cm³/mol. The molecule has 8 heteroatoms. The maximum absolute atomic E-state index is 13.5. The lowest BCUT2D eigenvalue weighted by Crippen LogP contribution is -2.46. The van der Waals surface area contributed by atoms with E-state index in [1.807, 2.05) is 12.1 Å². The van der Waals surface area contributed by atoms with Crippen LogP contribution in [-0.2, 0) is 16.8 Å².